The SMILES string of the molecule is COc1ccc(/C=C/C(=O)N2CCS[C@H](c3cc(F)ccc3F)CC2)cc1. The number of hydrogen-bond acceptors (Lipinski definition) is 3. The summed E-state index contributed by atoms with van der Waals surface area (Å²) in [5.74, 6) is 0.535. The fourth-order valence-corrected chi connectivity index (χ4v) is 4.23. The first-order valence-corrected chi connectivity index (χ1v) is 9.79. The van der Waals surface area contributed by atoms with E-state index in [0.29, 0.717) is 30.8 Å². The van der Waals surface area contributed by atoms with Crippen LogP contribution in [-0.4, -0.2) is 36.8 Å². The van der Waals surface area contributed by atoms with E-state index in [0.717, 1.165) is 23.4 Å². The van der Waals surface area contributed by atoms with Gasteiger partial charge in [-0.05, 0) is 48.4 Å². The van der Waals surface area contributed by atoms with E-state index in [1.165, 1.54) is 6.07 Å². The number of nitrogens with zero attached hydrogens (tertiary/aromatic N) is 1. The zero-order chi connectivity index (χ0) is 19.2. The number of hydrogen-bond donors (Lipinski definition) is 0. The molecule has 0 unspecified atom stereocenters. The van der Waals surface area contributed by atoms with Crippen molar-refractivity contribution in [2.45, 2.75) is 11.7 Å². The monoisotopic (exact) mass is 389 g/mol. The summed E-state index contributed by atoms with van der Waals surface area (Å²) in [5.41, 5.74) is 1.29. The average Bonchev–Trinajstić information content (AvgIpc) is 2.94. The maximum Gasteiger partial charge on any atom is 0.246 e. The van der Waals surface area contributed by atoms with E-state index in [4.69, 9.17) is 4.74 Å². The van der Waals surface area contributed by atoms with E-state index in [2.05, 4.69) is 0 Å². The van der Waals surface area contributed by atoms with Gasteiger partial charge in [-0.15, -0.1) is 0 Å². The summed E-state index contributed by atoms with van der Waals surface area (Å²) in [7, 11) is 1.61. The molecular weight excluding hydrogens is 368 g/mol. The lowest BCUT2D eigenvalue weighted by molar-refractivity contribution is -0.125. The summed E-state index contributed by atoms with van der Waals surface area (Å²) in [6, 6.07) is 11.0. The van der Waals surface area contributed by atoms with Crippen molar-refractivity contribution in [3.05, 3.63) is 71.3 Å². The number of methoxy groups -OCH3 is 1. The minimum absolute atomic E-state index is 0.0771. The molecule has 0 saturated carbocycles. The molecule has 1 aliphatic heterocycles. The van der Waals surface area contributed by atoms with Gasteiger partial charge in [0.05, 0.1) is 7.11 Å². The Bertz CT molecular complexity index is 823. The van der Waals surface area contributed by atoms with Crippen molar-refractivity contribution in [2.75, 3.05) is 26.0 Å². The summed E-state index contributed by atoms with van der Waals surface area (Å²) in [4.78, 5) is 14.2. The number of halogens is 2. The van der Waals surface area contributed by atoms with Crippen LogP contribution in [0.25, 0.3) is 6.08 Å². The second kappa shape index (κ2) is 9.04. The number of ether oxygens (including phenoxy) is 1. The van der Waals surface area contributed by atoms with E-state index in [-0.39, 0.29) is 11.2 Å². The topological polar surface area (TPSA) is 29.5 Å². The normalized spacial score (nSPS) is 17.7. The smallest absolute Gasteiger partial charge is 0.246 e. The molecule has 1 fully saturated rings. The van der Waals surface area contributed by atoms with Crippen molar-refractivity contribution in [3.63, 3.8) is 0 Å². The van der Waals surface area contributed by atoms with Gasteiger partial charge in [-0.3, -0.25) is 4.79 Å². The Balaban J connectivity index is 1.62. The average molecular weight is 389 g/mol. The highest BCUT2D eigenvalue weighted by Gasteiger charge is 2.23. The molecule has 142 valence electrons. The molecule has 0 N–H and O–H groups in total. The Morgan fingerprint density at radius 3 is 2.70 bits per heavy atom. The van der Waals surface area contributed by atoms with E-state index < -0.39 is 11.6 Å². The third-order valence-electron chi connectivity index (χ3n) is 4.49. The van der Waals surface area contributed by atoms with Gasteiger partial charge in [-0.2, -0.15) is 11.8 Å². The minimum Gasteiger partial charge on any atom is -0.497 e. The fraction of sp³-hybridized carbons (Fsp3) is 0.286. The van der Waals surface area contributed by atoms with Crippen LogP contribution in [-0.2, 0) is 4.79 Å². The molecule has 3 rings (SSSR count). The largest absolute Gasteiger partial charge is 0.497 e. The van der Waals surface area contributed by atoms with Crippen LogP contribution >= 0.6 is 11.8 Å². The Kier molecular flexibility index (Phi) is 6.50. The van der Waals surface area contributed by atoms with Gasteiger partial charge in [-0.1, -0.05) is 12.1 Å². The first kappa shape index (κ1) is 19.4. The molecule has 2 aromatic carbocycles. The van der Waals surface area contributed by atoms with E-state index in [1.807, 2.05) is 24.3 Å². The molecule has 1 atom stereocenters. The molecule has 0 aliphatic carbocycles. The van der Waals surface area contributed by atoms with Gasteiger partial charge in [0.1, 0.15) is 17.4 Å². The molecule has 1 saturated heterocycles. The Hall–Kier alpha value is -2.34. The van der Waals surface area contributed by atoms with Crippen LogP contribution in [0.3, 0.4) is 0 Å². The zero-order valence-electron chi connectivity index (χ0n) is 15.0. The summed E-state index contributed by atoms with van der Waals surface area (Å²) < 4.78 is 32.6. The molecular formula is C21H21F2NO2S. The summed E-state index contributed by atoms with van der Waals surface area (Å²) >= 11 is 1.56. The summed E-state index contributed by atoms with van der Waals surface area (Å²) in [6.07, 6.45) is 3.91. The quantitative estimate of drug-likeness (QED) is 0.711. The molecule has 1 heterocycles. The molecule has 2 aromatic rings. The van der Waals surface area contributed by atoms with Gasteiger partial charge in [0.2, 0.25) is 5.91 Å². The van der Waals surface area contributed by atoms with Crippen LogP contribution in [0.2, 0.25) is 0 Å². The molecule has 1 amide bonds. The van der Waals surface area contributed by atoms with Crippen LogP contribution in [0, 0.1) is 11.6 Å². The lowest BCUT2D eigenvalue weighted by atomic mass is 10.1. The maximum atomic E-state index is 14.0. The van der Waals surface area contributed by atoms with Gasteiger partial charge < -0.3 is 9.64 Å². The van der Waals surface area contributed by atoms with Crippen molar-refractivity contribution in [1.82, 2.24) is 4.90 Å². The highest BCUT2D eigenvalue weighted by Crippen LogP contribution is 2.36. The molecule has 6 heteroatoms. The second-order valence-electron chi connectivity index (χ2n) is 6.25. The second-order valence-corrected chi connectivity index (χ2v) is 7.56. The van der Waals surface area contributed by atoms with Crippen molar-refractivity contribution in [3.8, 4) is 5.75 Å². The first-order chi connectivity index (χ1) is 13.1. The lowest BCUT2D eigenvalue weighted by Crippen LogP contribution is -2.31. The highest BCUT2D eigenvalue weighted by molar-refractivity contribution is 7.99. The van der Waals surface area contributed by atoms with Gasteiger partial charge >= 0.3 is 0 Å². The van der Waals surface area contributed by atoms with Crippen LogP contribution in [0.5, 0.6) is 5.75 Å². The number of thioether (sulfide) groups is 1. The van der Waals surface area contributed by atoms with Crippen LogP contribution in [0.1, 0.15) is 22.8 Å². The highest BCUT2D eigenvalue weighted by atomic mass is 32.2. The van der Waals surface area contributed by atoms with Crippen LogP contribution in [0.15, 0.2) is 48.5 Å². The molecule has 1 aliphatic rings. The fourth-order valence-electron chi connectivity index (χ4n) is 2.99. The zero-order valence-corrected chi connectivity index (χ0v) is 15.8. The number of carbonyl (C=O) groups excluding carboxylic acids is 1. The van der Waals surface area contributed by atoms with Crippen molar-refractivity contribution < 1.29 is 18.3 Å². The number of benzene rings is 2. The Morgan fingerprint density at radius 2 is 1.96 bits per heavy atom. The van der Waals surface area contributed by atoms with E-state index in [9.17, 15) is 13.6 Å². The predicted molar refractivity (Wildman–Crippen MR) is 105 cm³/mol. The maximum absolute atomic E-state index is 14.0. The third-order valence-corrected chi connectivity index (χ3v) is 5.80. The van der Waals surface area contributed by atoms with Gasteiger partial charge in [0, 0.05) is 35.7 Å². The lowest BCUT2D eigenvalue weighted by Gasteiger charge is -2.18. The standard InChI is InChI=1S/C21H21F2NO2S/c1-26-17-6-2-15(3-7-17)4-9-21(25)24-11-10-20(27-13-12-24)18-14-16(22)5-8-19(18)23/h2-9,14,20H,10-13H2,1H3/b9-4+/t20-/m0/s1. The van der Waals surface area contributed by atoms with Crippen molar-refractivity contribution in [2.24, 2.45) is 0 Å². The molecule has 0 aromatic heterocycles. The van der Waals surface area contributed by atoms with Gasteiger partial charge in [-0.25, -0.2) is 8.78 Å². The third kappa shape index (κ3) is 5.10. The summed E-state index contributed by atoms with van der Waals surface area (Å²) in [6.45, 7) is 1.10. The predicted octanol–water partition coefficient (Wildman–Crippen LogP) is 4.69. The van der Waals surface area contributed by atoms with Crippen LogP contribution in [0.4, 0.5) is 8.78 Å². The first-order valence-electron chi connectivity index (χ1n) is 8.74. The number of amides is 1. The van der Waals surface area contributed by atoms with Gasteiger partial charge in [0.25, 0.3) is 0 Å². The van der Waals surface area contributed by atoms with Crippen molar-refractivity contribution in [1.29, 1.82) is 0 Å². The molecule has 0 radical (unpaired) electrons. The minimum atomic E-state index is -0.438. The summed E-state index contributed by atoms with van der Waals surface area (Å²) in [5, 5.41) is -0.149. The van der Waals surface area contributed by atoms with Gasteiger partial charge in [0.15, 0.2) is 0 Å². The number of rotatable bonds is 4. The Labute approximate surface area is 162 Å². The molecule has 0 spiro atoms. The number of carbonyl (C=O) groups is 1. The van der Waals surface area contributed by atoms with Crippen LogP contribution < -0.4 is 4.74 Å². The van der Waals surface area contributed by atoms with E-state index >= 15 is 0 Å². The molecule has 0 bridgehead atoms. The molecule has 3 nitrogen and oxygen atoms in total. The van der Waals surface area contributed by atoms with Crippen molar-refractivity contribution >= 4 is 23.7 Å². The molecule has 27 heavy (non-hydrogen) atoms. The Morgan fingerprint density at radius 1 is 1.19 bits per heavy atom. The van der Waals surface area contributed by atoms with E-state index in [1.54, 1.807) is 35.9 Å².